The molecule has 0 aliphatic carbocycles. The first-order valence-corrected chi connectivity index (χ1v) is 7.26. The van der Waals surface area contributed by atoms with Crippen molar-refractivity contribution in [3.63, 3.8) is 0 Å². The minimum Gasteiger partial charge on any atom is -0.496 e. The van der Waals surface area contributed by atoms with Gasteiger partial charge >= 0.3 is 5.97 Å². The van der Waals surface area contributed by atoms with Crippen LogP contribution in [0.5, 0.6) is 5.75 Å². The van der Waals surface area contributed by atoms with Crippen molar-refractivity contribution in [1.82, 2.24) is 5.32 Å². The predicted molar refractivity (Wildman–Crippen MR) is 86.6 cm³/mol. The number of methoxy groups -OCH3 is 2. The number of hydrogen-bond acceptors (Lipinski definition) is 4. The van der Waals surface area contributed by atoms with Crippen LogP contribution in [-0.2, 0) is 11.3 Å². The van der Waals surface area contributed by atoms with E-state index in [2.05, 4.69) is 5.32 Å². The lowest BCUT2D eigenvalue weighted by Gasteiger charge is -2.10. The van der Waals surface area contributed by atoms with Gasteiger partial charge in [-0.2, -0.15) is 0 Å². The Morgan fingerprint density at radius 3 is 2.50 bits per heavy atom. The van der Waals surface area contributed by atoms with Gasteiger partial charge in [-0.15, -0.1) is 0 Å². The van der Waals surface area contributed by atoms with E-state index in [1.54, 1.807) is 37.3 Å². The third-order valence-electron chi connectivity index (χ3n) is 3.56. The third kappa shape index (κ3) is 3.90. The summed E-state index contributed by atoms with van der Waals surface area (Å²) in [7, 11) is 2.73. The first-order valence-electron chi connectivity index (χ1n) is 7.26. The molecule has 126 valence electrons. The highest BCUT2D eigenvalue weighted by atomic mass is 19.1. The summed E-state index contributed by atoms with van der Waals surface area (Å²) in [5.74, 6) is -0.970. The van der Waals surface area contributed by atoms with Gasteiger partial charge in [-0.25, -0.2) is 9.18 Å². The summed E-state index contributed by atoms with van der Waals surface area (Å²) in [4.78, 5) is 23.8. The first kappa shape index (κ1) is 17.5. The number of amides is 1. The normalized spacial score (nSPS) is 10.2. The minimum absolute atomic E-state index is 0.183. The SMILES string of the molecule is COC(=O)c1cc(CNC(=O)c2ccc(C)c(F)c2)ccc1OC. The first-order chi connectivity index (χ1) is 11.5. The number of hydrogen-bond donors (Lipinski definition) is 1. The van der Waals surface area contributed by atoms with Gasteiger partial charge < -0.3 is 14.8 Å². The maximum atomic E-state index is 13.5. The van der Waals surface area contributed by atoms with Gasteiger partial charge in [0.05, 0.1) is 14.2 Å². The lowest BCUT2D eigenvalue weighted by Crippen LogP contribution is -2.23. The molecule has 6 heteroatoms. The van der Waals surface area contributed by atoms with Crippen LogP contribution in [0.1, 0.15) is 31.8 Å². The van der Waals surface area contributed by atoms with E-state index in [1.165, 1.54) is 20.3 Å². The number of benzene rings is 2. The minimum atomic E-state index is -0.527. The molecule has 0 aliphatic heterocycles. The van der Waals surface area contributed by atoms with Gasteiger partial charge in [-0.05, 0) is 42.3 Å². The maximum Gasteiger partial charge on any atom is 0.341 e. The molecule has 0 aliphatic rings. The van der Waals surface area contributed by atoms with E-state index in [0.29, 0.717) is 16.9 Å². The van der Waals surface area contributed by atoms with E-state index in [0.717, 1.165) is 0 Å². The molecular formula is C18H18FNO4. The average Bonchev–Trinajstić information content (AvgIpc) is 2.60. The number of carbonyl (C=O) groups excluding carboxylic acids is 2. The van der Waals surface area contributed by atoms with Gasteiger partial charge in [0.25, 0.3) is 5.91 Å². The average molecular weight is 331 g/mol. The van der Waals surface area contributed by atoms with Gasteiger partial charge in [0.15, 0.2) is 0 Å². The molecule has 1 amide bonds. The largest absolute Gasteiger partial charge is 0.496 e. The van der Waals surface area contributed by atoms with Gasteiger partial charge in [0.1, 0.15) is 17.1 Å². The second-order valence-corrected chi connectivity index (χ2v) is 5.17. The zero-order chi connectivity index (χ0) is 17.7. The highest BCUT2D eigenvalue weighted by molar-refractivity contribution is 5.94. The Balaban J connectivity index is 2.12. The van der Waals surface area contributed by atoms with E-state index >= 15 is 0 Å². The number of aryl methyl sites for hydroxylation is 1. The standard InChI is InChI=1S/C18H18FNO4/c1-11-4-6-13(9-15(11)19)17(21)20-10-12-5-7-16(23-2)14(8-12)18(22)24-3/h4-9H,10H2,1-3H3,(H,20,21). The zero-order valence-electron chi connectivity index (χ0n) is 13.7. The lowest BCUT2D eigenvalue weighted by molar-refractivity contribution is 0.0597. The van der Waals surface area contributed by atoms with Crippen molar-refractivity contribution < 1.29 is 23.5 Å². The lowest BCUT2D eigenvalue weighted by atomic mass is 10.1. The van der Waals surface area contributed by atoms with Crippen LogP contribution in [0.15, 0.2) is 36.4 Å². The van der Waals surface area contributed by atoms with E-state index in [9.17, 15) is 14.0 Å². The van der Waals surface area contributed by atoms with Crippen molar-refractivity contribution in [2.24, 2.45) is 0 Å². The van der Waals surface area contributed by atoms with E-state index in [4.69, 9.17) is 9.47 Å². The van der Waals surface area contributed by atoms with Crippen LogP contribution in [0.4, 0.5) is 4.39 Å². The third-order valence-corrected chi connectivity index (χ3v) is 3.56. The second kappa shape index (κ2) is 7.59. The molecule has 0 radical (unpaired) electrons. The molecule has 1 N–H and O–H groups in total. The van der Waals surface area contributed by atoms with Crippen molar-refractivity contribution >= 4 is 11.9 Å². The fourth-order valence-electron chi connectivity index (χ4n) is 2.15. The smallest absolute Gasteiger partial charge is 0.341 e. The van der Waals surface area contributed by atoms with Crippen molar-refractivity contribution in [3.8, 4) is 5.75 Å². The number of halogens is 1. The number of carbonyl (C=O) groups is 2. The molecule has 0 atom stereocenters. The van der Waals surface area contributed by atoms with Crippen LogP contribution < -0.4 is 10.1 Å². The Morgan fingerprint density at radius 1 is 1.12 bits per heavy atom. The molecular weight excluding hydrogens is 313 g/mol. The summed E-state index contributed by atoms with van der Waals surface area (Å²) < 4.78 is 23.3. The van der Waals surface area contributed by atoms with Crippen LogP contribution in [-0.4, -0.2) is 26.1 Å². The van der Waals surface area contributed by atoms with Crippen LogP contribution in [0.3, 0.4) is 0 Å². The molecule has 0 saturated heterocycles. The maximum absolute atomic E-state index is 13.5. The molecule has 0 fully saturated rings. The van der Waals surface area contributed by atoms with Gasteiger partial charge in [0, 0.05) is 12.1 Å². The van der Waals surface area contributed by atoms with Gasteiger partial charge in [-0.3, -0.25) is 4.79 Å². The van der Waals surface area contributed by atoms with Crippen molar-refractivity contribution in [3.05, 3.63) is 64.5 Å². The monoisotopic (exact) mass is 331 g/mol. The summed E-state index contributed by atoms with van der Waals surface area (Å²) in [6, 6.07) is 9.23. The Bertz CT molecular complexity index is 774. The molecule has 0 heterocycles. The molecule has 2 aromatic carbocycles. The van der Waals surface area contributed by atoms with Gasteiger partial charge in [0.2, 0.25) is 0 Å². The highest BCUT2D eigenvalue weighted by Crippen LogP contribution is 2.21. The molecule has 24 heavy (non-hydrogen) atoms. The van der Waals surface area contributed by atoms with Crippen LogP contribution in [0.25, 0.3) is 0 Å². The Hall–Kier alpha value is -2.89. The van der Waals surface area contributed by atoms with Crippen molar-refractivity contribution in [2.75, 3.05) is 14.2 Å². The molecule has 0 aromatic heterocycles. The van der Waals surface area contributed by atoms with Gasteiger partial charge in [-0.1, -0.05) is 12.1 Å². The topological polar surface area (TPSA) is 64.6 Å². The van der Waals surface area contributed by atoms with Crippen molar-refractivity contribution in [2.45, 2.75) is 13.5 Å². The van der Waals surface area contributed by atoms with Crippen LogP contribution in [0.2, 0.25) is 0 Å². The molecule has 2 aromatic rings. The van der Waals surface area contributed by atoms with Crippen LogP contribution in [0, 0.1) is 12.7 Å². The van der Waals surface area contributed by atoms with E-state index in [1.807, 2.05) is 0 Å². The summed E-state index contributed by atoms with van der Waals surface area (Å²) in [5, 5.41) is 2.69. The highest BCUT2D eigenvalue weighted by Gasteiger charge is 2.14. The molecule has 2 rings (SSSR count). The quantitative estimate of drug-likeness (QED) is 0.856. The number of nitrogens with one attached hydrogen (secondary N) is 1. The molecule has 5 nitrogen and oxygen atoms in total. The molecule has 0 bridgehead atoms. The molecule has 0 spiro atoms. The fraction of sp³-hybridized carbons (Fsp3) is 0.222. The Morgan fingerprint density at radius 2 is 1.88 bits per heavy atom. The van der Waals surface area contributed by atoms with E-state index in [-0.39, 0.29) is 17.7 Å². The predicted octanol–water partition coefficient (Wildman–Crippen LogP) is 2.86. The molecule has 0 unspecified atom stereocenters. The Labute approximate surface area is 139 Å². The summed E-state index contributed by atoms with van der Waals surface area (Å²) in [6.45, 7) is 1.81. The summed E-state index contributed by atoms with van der Waals surface area (Å²) >= 11 is 0. The summed E-state index contributed by atoms with van der Waals surface area (Å²) in [5.41, 5.74) is 1.68. The number of esters is 1. The fourth-order valence-corrected chi connectivity index (χ4v) is 2.15. The zero-order valence-corrected chi connectivity index (χ0v) is 13.7. The van der Waals surface area contributed by atoms with Crippen molar-refractivity contribution in [1.29, 1.82) is 0 Å². The summed E-state index contributed by atoms with van der Waals surface area (Å²) in [6.07, 6.45) is 0. The number of rotatable bonds is 5. The number of ether oxygens (including phenoxy) is 2. The molecule has 0 saturated carbocycles. The van der Waals surface area contributed by atoms with Crippen LogP contribution >= 0.6 is 0 Å². The Kier molecular flexibility index (Phi) is 5.52. The van der Waals surface area contributed by atoms with E-state index < -0.39 is 17.7 Å². The second-order valence-electron chi connectivity index (χ2n) is 5.17.